The van der Waals surface area contributed by atoms with Crippen molar-refractivity contribution in [2.24, 2.45) is 5.14 Å². The van der Waals surface area contributed by atoms with Crippen LogP contribution in [-0.4, -0.2) is 33.4 Å². The van der Waals surface area contributed by atoms with Crippen LogP contribution in [0, 0.1) is 11.8 Å². The maximum Gasteiger partial charge on any atom is 0.349 e. The summed E-state index contributed by atoms with van der Waals surface area (Å²) in [7, 11) is -3.05. The van der Waals surface area contributed by atoms with Gasteiger partial charge < -0.3 is 18.7 Å². The van der Waals surface area contributed by atoms with E-state index in [1.807, 2.05) is 0 Å². The zero-order valence-corrected chi connectivity index (χ0v) is 21.9. The van der Waals surface area contributed by atoms with Gasteiger partial charge >= 0.3 is 11.6 Å². The highest BCUT2D eigenvalue weighted by Gasteiger charge is 2.46. The van der Waals surface area contributed by atoms with Crippen LogP contribution < -0.4 is 5.14 Å². The second-order valence-corrected chi connectivity index (χ2v) is 11.9. The van der Waals surface area contributed by atoms with Crippen molar-refractivity contribution in [3.8, 4) is 11.8 Å². The van der Waals surface area contributed by atoms with Gasteiger partial charge in [-0.3, -0.25) is 0 Å². The molecule has 1 heterocycles. The van der Waals surface area contributed by atoms with E-state index in [2.05, 4.69) is 27.8 Å². The van der Waals surface area contributed by atoms with E-state index in [1.165, 1.54) is 19.1 Å². The minimum atomic E-state index is -3.64. The van der Waals surface area contributed by atoms with E-state index in [-0.39, 0.29) is 28.8 Å². The summed E-state index contributed by atoms with van der Waals surface area (Å²) in [6.07, 6.45) is 0.225. The number of hydrogen-bond acceptors (Lipinski definition) is 7. The monoisotopic (exact) mass is 569 g/mol. The Kier molecular flexibility index (Phi) is 9.48. The van der Waals surface area contributed by atoms with Crippen LogP contribution in [0.1, 0.15) is 54.9 Å². The number of esters is 1. The standard InChI is InChI=1S/C20H23BrF2NO5PS2/c1-5-28-30(26)20(22,23)17-15(21)14-11-13(18(25)29-19(2,3)4)10-12(16(14)31-17)8-6-7-9-32(24)27/h10-11,26H,5,7,9,24H2,1-4H3. The normalized spacial score (nSPS) is 14.1. The number of rotatable bonds is 7. The van der Waals surface area contributed by atoms with Crippen molar-refractivity contribution in [3.05, 3.63) is 32.6 Å². The van der Waals surface area contributed by atoms with Gasteiger partial charge in [0.15, 0.2) is 0 Å². The Morgan fingerprint density at radius 3 is 2.62 bits per heavy atom. The molecule has 6 nitrogen and oxygen atoms in total. The zero-order valence-electron chi connectivity index (χ0n) is 17.8. The van der Waals surface area contributed by atoms with Gasteiger partial charge in [-0.2, -0.15) is 13.9 Å². The van der Waals surface area contributed by atoms with Crippen molar-refractivity contribution in [2.75, 3.05) is 12.4 Å². The molecule has 12 heteroatoms. The van der Waals surface area contributed by atoms with Crippen LogP contribution >= 0.6 is 35.6 Å². The smallest absolute Gasteiger partial charge is 0.349 e. The molecule has 0 amide bonds. The number of thiophene rings is 1. The molecule has 0 aliphatic carbocycles. The number of carbonyl (C=O) groups excluding carboxylic acids is 1. The van der Waals surface area contributed by atoms with E-state index in [0.717, 1.165) is 11.3 Å². The maximum absolute atomic E-state index is 14.9. The lowest BCUT2D eigenvalue weighted by atomic mass is 10.1. The van der Waals surface area contributed by atoms with Gasteiger partial charge in [0, 0.05) is 26.8 Å². The first-order chi connectivity index (χ1) is 14.8. The van der Waals surface area contributed by atoms with E-state index in [0.29, 0.717) is 15.6 Å². The molecule has 0 bridgehead atoms. The molecule has 1 aromatic carbocycles. The first kappa shape index (κ1) is 27.4. The molecule has 2 unspecified atom stereocenters. The summed E-state index contributed by atoms with van der Waals surface area (Å²) in [6, 6.07) is 2.92. The highest BCUT2D eigenvalue weighted by atomic mass is 79.9. The third kappa shape index (κ3) is 6.84. The lowest BCUT2D eigenvalue weighted by Crippen LogP contribution is -2.23. The van der Waals surface area contributed by atoms with Crippen LogP contribution in [0.3, 0.4) is 0 Å². The third-order valence-corrected chi connectivity index (χ3v) is 8.14. The quantitative estimate of drug-likeness (QED) is 0.201. The van der Waals surface area contributed by atoms with Gasteiger partial charge in [0.1, 0.15) is 11.4 Å². The van der Waals surface area contributed by atoms with Crippen molar-refractivity contribution in [2.45, 2.75) is 45.4 Å². The molecular weight excluding hydrogens is 547 g/mol. The second kappa shape index (κ2) is 11.1. The first-order valence-corrected chi connectivity index (χ1v) is 13.6. The Morgan fingerprint density at radius 1 is 1.41 bits per heavy atom. The second-order valence-electron chi connectivity index (χ2n) is 7.52. The molecular formula is C20H23BrF2NO5PS2. The number of hydrogen-bond donors (Lipinski definition) is 2. The average molecular weight is 570 g/mol. The van der Waals surface area contributed by atoms with Crippen molar-refractivity contribution in [1.29, 1.82) is 0 Å². The predicted octanol–water partition coefficient (Wildman–Crippen LogP) is 5.37. The SMILES string of the molecule is CCOP(O)C(F)(F)c1sc2c(C#CCC[S+](N)[O-])cc(C(=O)OC(C)(C)C)cc2c1Br. The third-order valence-electron chi connectivity index (χ3n) is 3.78. The lowest BCUT2D eigenvalue weighted by Gasteiger charge is -2.20. The summed E-state index contributed by atoms with van der Waals surface area (Å²) in [5.74, 6) is 5.19. The number of fused-ring (bicyclic) bond motifs is 1. The fraction of sp³-hybridized carbons (Fsp3) is 0.450. The maximum atomic E-state index is 14.9. The molecule has 2 atom stereocenters. The summed E-state index contributed by atoms with van der Waals surface area (Å²) in [5.41, 5.74) is -3.92. The van der Waals surface area contributed by atoms with Gasteiger partial charge in [-0.1, -0.05) is 11.8 Å². The molecule has 0 radical (unpaired) electrons. The molecule has 0 fully saturated rings. The van der Waals surface area contributed by atoms with Crippen LogP contribution in [-0.2, 0) is 26.3 Å². The van der Waals surface area contributed by atoms with Gasteiger partial charge in [-0.05, 0) is 55.8 Å². The molecule has 32 heavy (non-hydrogen) atoms. The minimum absolute atomic E-state index is 0.0419. The van der Waals surface area contributed by atoms with E-state index in [1.54, 1.807) is 20.8 Å². The molecule has 0 saturated heterocycles. The summed E-state index contributed by atoms with van der Waals surface area (Å²) in [6.45, 7) is 6.59. The Hall–Kier alpha value is -0.830. The largest absolute Gasteiger partial charge is 0.598 e. The summed E-state index contributed by atoms with van der Waals surface area (Å²) < 4.78 is 51.5. The number of carbonyl (C=O) groups is 1. The Balaban J connectivity index is 2.65. The average Bonchev–Trinajstić information content (AvgIpc) is 3.01. The first-order valence-electron chi connectivity index (χ1n) is 9.39. The van der Waals surface area contributed by atoms with Crippen molar-refractivity contribution >= 4 is 63.1 Å². The Bertz CT molecular complexity index is 1050. The highest BCUT2D eigenvalue weighted by molar-refractivity contribution is 9.10. The summed E-state index contributed by atoms with van der Waals surface area (Å²) >= 11 is 2.44. The van der Waals surface area contributed by atoms with Gasteiger partial charge in [-0.15, -0.1) is 11.3 Å². The zero-order chi connectivity index (χ0) is 24.3. The van der Waals surface area contributed by atoms with Crippen molar-refractivity contribution in [1.82, 2.24) is 0 Å². The van der Waals surface area contributed by atoms with Gasteiger partial charge in [0.2, 0.25) is 8.38 Å². The minimum Gasteiger partial charge on any atom is -0.598 e. The van der Waals surface area contributed by atoms with E-state index in [4.69, 9.17) is 14.4 Å². The lowest BCUT2D eigenvalue weighted by molar-refractivity contribution is 0.00696. The molecule has 1 aromatic heterocycles. The molecule has 176 valence electrons. The number of ether oxygens (including phenoxy) is 1. The molecule has 0 aliphatic heterocycles. The van der Waals surface area contributed by atoms with Crippen LogP contribution in [0.25, 0.3) is 10.1 Å². The number of benzene rings is 1. The summed E-state index contributed by atoms with van der Waals surface area (Å²) in [4.78, 5) is 22.1. The molecule has 0 saturated carbocycles. The number of halogens is 3. The summed E-state index contributed by atoms with van der Waals surface area (Å²) in [5, 5.41) is 5.56. The van der Waals surface area contributed by atoms with E-state index >= 15 is 0 Å². The Labute approximate surface area is 202 Å². The van der Waals surface area contributed by atoms with Gasteiger partial charge in [0.25, 0.3) is 0 Å². The van der Waals surface area contributed by atoms with Gasteiger partial charge in [-0.25, -0.2) is 4.79 Å². The molecule has 3 N–H and O–H groups in total. The van der Waals surface area contributed by atoms with Gasteiger partial charge in [0.05, 0.1) is 28.2 Å². The molecule has 0 aliphatic rings. The fourth-order valence-corrected chi connectivity index (χ4v) is 5.98. The molecule has 0 spiro atoms. The van der Waals surface area contributed by atoms with Crippen LogP contribution in [0.4, 0.5) is 8.78 Å². The highest BCUT2D eigenvalue weighted by Crippen LogP contribution is 2.60. The van der Waals surface area contributed by atoms with E-state index in [9.17, 15) is 23.0 Å². The Morgan fingerprint density at radius 2 is 2.06 bits per heavy atom. The molecule has 2 aromatic rings. The number of alkyl halides is 2. The topological polar surface area (TPSA) is 105 Å². The predicted molar refractivity (Wildman–Crippen MR) is 128 cm³/mol. The fourth-order valence-electron chi connectivity index (χ4n) is 2.51. The van der Waals surface area contributed by atoms with Crippen molar-refractivity contribution in [3.63, 3.8) is 0 Å². The number of nitrogens with two attached hydrogens (primary N) is 1. The van der Waals surface area contributed by atoms with E-state index < -0.39 is 41.8 Å². The van der Waals surface area contributed by atoms with Crippen LogP contribution in [0.5, 0.6) is 0 Å². The van der Waals surface area contributed by atoms with Crippen LogP contribution in [0.2, 0.25) is 0 Å². The molecule has 2 rings (SSSR count). The van der Waals surface area contributed by atoms with Crippen LogP contribution in [0.15, 0.2) is 16.6 Å². The van der Waals surface area contributed by atoms with Crippen molar-refractivity contribution < 1.29 is 32.3 Å².